The lowest BCUT2D eigenvalue weighted by Crippen LogP contribution is -2.29. The minimum absolute atomic E-state index is 0.312. The zero-order valence-corrected chi connectivity index (χ0v) is 9.15. The van der Waals surface area contributed by atoms with E-state index in [0.717, 1.165) is 18.4 Å². The van der Waals surface area contributed by atoms with Gasteiger partial charge in [0.25, 0.3) is 0 Å². The molecule has 0 radical (unpaired) electrons. The number of ether oxygens (including phenoxy) is 1. The first kappa shape index (κ1) is 10.7. The van der Waals surface area contributed by atoms with Crippen LogP contribution in [0.25, 0.3) is 0 Å². The molecule has 1 saturated carbocycles. The number of carbonyl (C=O) groups is 1. The van der Waals surface area contributed by atoms with Gasteiger partial charge in [0.1, 0.15) is 6.61 Å². The molecule has 3 heteroatoms. The molecule has 0 amide bonds. The molecule has 2 rings (SSSR count). The molecule has 2 aliphatic rings. The molecule has 2 atom stereocenters. The number of carbonyl (C=O) groups excluding carboxylic acids is 1. The Morgan fingerprint density at radius 2 is 2.07 bits per heavy atom. The van der Waals surface area contributed by atoms with Gasteiger partial charge >= 0.3 is 5.97 Å². The van der Waals surface area contributed by atoms with Crippen molar-refractivity contribution in [3.05, 3.63) is 12.7 Å². The van der Waals surface area contributed by atoms with Gasteiger partial charge < -0.3 is 4.74 Å². The standard InChI is InChI=1S/C12H19NO2/c1-2-12(14)15-8-7-13-5-3-10-9-11(10)4-6-13/h2,10-11H,1,3-9H2/t10-,11?/m0/s1. The summed E-state index contributed by atoms with van der Waals surface area (Å²) in [5.74, 6) is 1.70. The first-order chi connectivity index (χ1) is 7.29. The van der Waals surface area contributed by atoms with Crippen molar-refractivity contribution in [2.45, 2.75) is 19.3 Å². The molecule has 15 heavy (non-hydrogen) atoms. The lowest BCUT2D eigenvalue weighted by Gasteiger charge is -2.19. The molecule has 0 N–H and O–H groups in total. The maximum absolute atomic E-state index is 10.8. The van der Waals surface area contributed by atoms with Crippen LogP contribution in [0.15, 0.2) is 12.7 Å². The van der Waals surface area contributed by atoms with Gasteiger partial charge in [-0.3, -0.25) is 4.90 Å². The van der Waals surface area contributed by atoms with E-state index in [2.05, 4.69) is 11.5 Å². The minimum Gasteiger partial charge on any atom is -0.461 e. The Labute approximate surface area is 91.1 Å². The molecule has 0 aromatic carbocycles. The third-order valence-electron chi connectivity index (χ3n) is 3.52. The number of fused-ring (bicyclic) bond motifs is 1. The second kappa shape index (κ2) is 4.79. The summed E-state index contributed by atoms with van der Waals surface area (Å²) in [7, 11) is 0. The van der Waals surface area contributed by atoms with Crippen LogP contribution in [-0.4, -0.2) is 37.1 Å². The van der Waals surface area contributed by atoms with Crippen LogP contribution >= 0.6 is 0 Å². The van der Waals surface area contributed by atoms with Crippen molar-refractivity contribution >= 4 is 5.97 Å². The monoisotopic (exact) mass is 209 g/mol. The average molecular weight is 209 g/mol. The number of hydrogen-bond donors (Lipinski definition) is 0. The van der Waals surface area contributed by atoms with Crippen LogP contribution in [0.2, 0.25) is 0 Å². The molecule has 0 aromatic rings. The summed E-state index contributed by atoms with van der Waals surface area (Å²) in [5.41, 5.74) is 0. The molecule has 0 aromatic heterocycles. The van der Waals surface area contributed by atoms with Gasteiger partial charge in [-0.2, -0.15) is 0 Å². The molecule has 1 heterocycles. The highest BCUT2D eigenvalue weighted by atomic mass is 16.5. The van der Waals surface area contributed by atoms with Gasteiger partial charge in [-0.25, -0.2) is 4.79 Å². The van der Waals surface area contributed by atoms with Crippen LogP contribution in [0.5, 0.6) is 0 Å². The Hall–Kier alpha value is -0.830. The van der Waals surface area contributed by atoms with E-state index in [1.807, 2.05) is 0 Å². The van der Waals surface area contributed by atoms with E-state index in [1.165, 1.54) is 38.4 Å². The smallest absolute Gasteiger partial charge is 0.330 e. The van der Waals surface area contributed by atoms with Crippen LogP contribution in [-0.2, 0) is 9.53 Å². The summed E-state index contributed by atoms with van der Waals surface area (Å²) < 4.78 is 4.97. The highest BCUT2D eigenvalue weighted by Crippen LogP contribution is 2.45. The van der Waals surface area contributed by atoms with Crippen LogP contribution in [0.1, 0.15) is 19.3 Å². The molecule has 1 unspecified atom stereocenters. The summed E-state index contributed by atoms with van der Waals surface area (Å²) in [4.78, 5) is 13.2. The van der Waals surface area contributed by atoms with Gasteiger partial charge in [-0.15, -0.1) is 0 Å². The second-order valence-electron chi connectivity index (χ2n) is 4.55. The van der Waals surface area contributed by atoms with E-state index in [1.54, 1.807) is 0 Å². The summed E-state index contributed by atoms with van der Waals surface area (Å²) >= 11 is 0. The molecular weight excluding hydrogens is 190 g/mol. The topological polar surface area (TPSA) is 29.5 Å². The summed E-state index contributed by atoms with van der Waals surface area (Å²) in [6.45, 7) is 7.09. The van der Waals surface area contributed by atoms with Crippen molar-refractivity contribution in [1.82, 2.24) is 4.90 Å². The predicted molar refractivity (Wildman–Crippen MR) is 58.4 cm³/mol. The van der Waals surface area contributed by atoms with Gasteiger partial charge in [0, 0.05) is 12.6 Å². The molecule has 84 valence electrons. The molecule has 1 aliphatic heterocycles. The Kier molecular flexibility index (Phi) is 3.41. The Balaban J connectivity index is 1.62. The fourth-order valence-electron chi connectivity index (χ4n) is 2.38. The van der Waals surface area contributed by atoms with E-state index in [-0.39, 0.29) is 5.97 Å². The molecule has 0 spiro atoms. The van der Waals surface area contributed by atoms with Crippen LogP contribution in [0, 0.1) is 11.8 Å². The van der Waals surface area contributed by atoms with Crippen molar-refractivity contribution in [3.8, 4) is 0 Å². The van der Waals surface area contributed by atoms with Crippen molar-refractivity contribution < 1.29 is 9.53 Å². The van der Waals surface area contributed by atoms with Gasteiger partial charge in [0.05, 0.1) is 0 Å². The van der Waals surface area contributed by atoms with Crippen molar-refractivity contribution in [2.75, 3.05) is 26.2 Å². The highest BCUT2D eigenvalue weighted by molar-refractivity contribution is 5.81. The van der Waals surface area contributed by atoms with Gasteiger partial charge in [0.2, 0.25) is 0 Å². The number of likely N-dealkylation sites (tertiary alicyclic amines) is 1. The van der Waals surface area contributed by atoms with E-state index in [9.17, 15) is 4.79 Å². The zero-order chi connectivity index (χ0) is 10.7. The number of esters is 1. The van der Waals surface area contributed by atoms with E-state index in [4.69, 9.17) is 4.74 Å². The molecule has 1 aliphatic carbocycles. The molecule has 2 fully saturated rings. The van der Waals surface area contributed by atoms with Gasteiger partial charge in [-0.1, -0.05) is 6.58 Å². The van der Waals surface area contributed by atoms with Gasteiger partial charge in [-0.05, 0) is 44.2 Å². The SMILES string of the molecule is C=CC(=O)OCCN1CCC2C[C@@H]2CC1. The Morgan fingerprint density at radius 1 is 1.40 bits per heavy atom. The fourth-order valence-corrected chi connectivity index (χ4v) is 2.38. The van der Waals surface area contributed by atoms with Crippen molar-refractivity contribution in [1.29, 1.82) is 0 Å². The van der Waals surface area contributed by atoms with E-state index < -0.39 is 0 Å². The molecule has 1 saturated heterocycles. The third-order valence-corrected chi connectivity index (χ3v) is 3.52. The van der Waals surface area contributed by atoms with Crippen molar-refractivity contribution in [2.24, 2.45) is 11.8 Å². The van der Waals surface area contributed by atoms with E-state index >= 15 is 0 Å². The molecular formula is C12H19NO2. The number of rotatable bonds is 4. The number of nitrogens with zero attached hydrogens (tertiary/aromatic N) is 1. The highest BCUT2D eigenvalue weighted by Gasteiger charge is 2.38. The third kappa shape index (κ3) is 3.06. The Morgan fingerprint density at radius 3 is 2.67 bits per heavy atom. The summed E-state index contributed by atoms with van der Waals surface area (Å²) in [5, 5.41) is 0. The maximum atomic E-state index is 10.8. The molecule has 3 nitrogen and oxygen atoms in total. The van der Waals surface area contributed by atoms with Crippen LogP contribution in [0.4, 0.5) is 0 Å². The minimum atomic E-state index is -0.312. The summed E-state index contributed by atoms with van der Waals surface area (Å²) in [6.07, 6.45) is 5.34. The van der Waals surface area contributed by atoms with Crippen molar-refractivity contribution in [3.63, 3.8) is 0 Å². The average Bonchev–Trinajstić information content (AvgIpc) is 2.98. The lowest BCUT2D eigenvalue weighted by molar-refractivity contribution is -0.138. The maximum Gasteiger partial charge on any atom is 0.330 e. The number of hydrogen-bond acceptors (Lipinski definition) is 3. The predicted octanol–water partition coefficient (Wildman–Crippen LogP) is 1.45. The normalized spacial score (nSPS) is 30.1. The first-order valence-corrected chi connectivity index (χ1v) is 5.81. The quantitative estimate of drug-likeness (QED) is 0.518. The first-order valence-electron chi connectivity index (χ1n) is 5.81. The summed E-state index contributed by atoms with van der Waals surface area (Å²) in [6, 6.07) is 0. The van der Waals surface area contributed by atoms with E-state index in [0.29, 0.717) is 6.61 Å². The molecule has 0 bridgehead atoms. The lowest BCUT2D eigenvalue weighted by atomic mass is 10.2. The van der Waals surface area contributed by atoms with Gasteiger partial charge in [0.15, 0.2) is 0 Å². The Bertz CT molecular complexity index is 240. The largest absolute Gasteiger partial charge is 0.461 e. The zero-order valence-electron chi connectivity index (χ0n) is 9.15. The van der Waals surface area contributed by atoms with Crippen LogP contribution < -0.4 is 0 Å². The van der Waals surface area contributed by atoms with Crippen LogP contribution in [0.3, 0.4) is 0 Å². The second-order valence-corrected chi connectivity index (χ2v) is 4.55. The fraction of sp³-hybridized carbons (Fsp3) is 0.750.